The summed E-state index contributed by atoms with van der Waals surface area (Å²) in [6.07, 6.45) is -1.19. The predicted molar refractivity (Wildman–Crippen MR) is 39.3 cm³/mol. The summed E-state index contributed by atoms with van der Waals surface area (Å²) in [5.74, 6) is 0.273. The monoisotopic (exact) mass is 207 g/mol. The molecule has 1 rings (SSSR count). The number of halogens is 2. The van der Waals surface area contributed by atoms with Gasteiger partial charge in [-0.05, 0) is 28.1 Å². The Morgan fingerprint density at radius 2 is 2.40 bits per heavy atom. The van der Waals surface area contributed by atoms with E-state index < -0.39 is 6.17 Å². The molecule has 0 saturated heterocycles. The second kappa shape index (κ2) is 3.16. The molecule has 0 aliphatic heterocycles. The average molecular weight is 208 g/mol. The minimum absolute atomic E-state index is 0.0417. The number of nitrogens with two attached hydrogens (primary N) is 1. The molecule has 56 valence electrons. The van der Waals surface area contributed by atoms with Gasteiger partial charge in [0.1, 0.15) is 5.76 Å². The SMILES string of the molecule is NCC(F)c1ccc(Br)o1. The molecule has 2 nitrogen and oxygen atoms in total. The van der Waals surface area contributed by atoms with Gasteiger partial charge < -0.3 is 10.2 Å². The molecule has 2 N–H and O–H groups in total. The van der Waals surface area contributed by atoms with Crippen molar-refractivity contribution in [3.05, 3.63) is 22.6 Å². The van der Waals surface area contributed by atoms with Crippen molar-refractivity contribution in [2.75, 3.05) is 6.54 Å². The second-order valence-corrected chi connectivity index (χ2v) is 2.63. The summed E-state index contributed by atoms with van der Waals surface area (Å²) in [6.45, 7) is -0.0417. The summed E-state index contributed by atoms with van der Waals surface area (Å²) in [5, 5.41) is 0. The first-order valence-electron chi connectivity index (χ1n) is 2.83. The maximum absolute atomic E-state index is 12.6. The second-order valence-electron chi connectivity index (χ2n) is 1.85. The number of hydrogen-bond donors (Lipinski definition) is 1. The molecule has 4 heteroatoms. The summed E-state index contributed by atoms with van der Waals surface area (Å²) < 4.78 is 18.1. The topological polar surface area (TPSA) is 39.2 Å². The van der Waals surface area contributed by atoms with Crippen LogP contribution in [0.4, 0.5) is 4.39 Å². The van der Waals surface area contributed by atoms with E-state index in [9.17, 15) is 4.39 Å². The van der Waals surface area contributed by atoms with Crippen LogP contribution in [-0.2, 0) is 0 Å². The molecule has 0 radical (unpaired) electrons. The zero-order chi connectivity index (χ0) is 7.56. The molecule has 0 bridgehead atoms. The van der Waals surface area contributed by atoms with Gasteiger partial charge in [-0.25, -0.2) is 4.39 Å². The van der Waals surface area contributed by atoms with Gasteiger partial charge in [-0.3, -0.25) is 0 Å². The van der Waals surface area contributed by atoms with E-state index in [2.05, 4.69) is 15.9 Å². The van der Waals surface area contributed by atoms with Gasteiger partial charge in [0, 0.05) is 6.54 Å². The maximum Gasteiger partial charge on any atom is 0.170 e. The van der Waals surface area contributed by atoms with E-state index in [1.807, 2.05) is 0 Å². The molecule has 0 aromatic carbocycles. The van der Waals surface area contributed by atoms with Crippen molar-refractivity contribution in [3.8, 4) is 0 Å². The van der Waals surface area contributed by atoms with Gasteiger partial charge in [0.15, 0.2) is 10.8 Å². The Balaban J connectivity index is 2.74. The first-order chi connectivity index (χ1) is 4.74. The first-order valence-corrected chi connectivity index (χ1v) is 3.62. The Hall–Kier alpha value is -0.350. The highest BCUT2D eigenvalue weighted by Crippen LogP contribution is 2.21. The van der Waals surface area contributed by atoms with Crippen molar-refractivity contribution in [3.63, 3.8) is 0 Å². The normalized spacial score (nSPS) is 13.5. The predicted octanol–water partition coefficient (Wildman–Crippen LogP) is 2.01. The fraction of sp³-hybridized carbons (Fsp3) is 0.333. The first kappa shape index (κ1) is 7.75. The molecule has 1 unspecified atom stereocenters. The number of hydrogen-bond acceptors (Lipinski definition) is 2. The van der Waals surface area contributed by atoms with Crippen LogP contribution in [0.15, 0.2) is 21.2 Å². The largest absolute Gasteiger partial charge is 0.451 e. The molecule has 1 atom stereocenters. The van der Waals surface area contributed by atoms with E-state index in [4.69, 9.17) is 10.2 Å². The molecule has 1 aromatic rings. The van der Waals surface area contributed by atoms with E-state index in [1.54, 1.807) is 12.1 Å². The van der Waals surface area contributed by atoms with Gasteiger partial charge in [-0.15, -0.1) is 0 Å². The van der Waals surface area contributed by atoms with Crippen molar-refractivity contribution in [1.29, 1.82) is 0 Å². The molecule has 0 saturated carbocycles. The molecule has 1 aromatic heterocycles. The summed E-state index contributed by atoms with van der Waals surface area (Å²) in [7, 11) is 0. The van der Waals surface area contributed by atoms with Crippen LogP contribution in [0.1, 0.15) is 11.9 Å². The van der Waals surface area contributed by atoms with Gasteiger partial charge >= 0.3 is 0 Å². The fourth-order valence-electron chi connectivity index (χ4n) is 0.613. The van der Waals surface area contributed by atoms with E-state index in [0.29, 0.717) is 4.67 Å². The van der Waals surface area contributed by atoms with Crippen LogP contribution in [0.3, 0.4) is 0 Å². The summed E-state index contributed by atoms with van der Waals surface area (Å²) in [5.41, 5.74) is 5.06. The lowest BCUT2D eigenvalue weighted by atomic mass is 10.3. The third-order valence-corrected chi connectivity index (χ3v) is 1.54. The highest BCUT2D eigenvalue weighted by Gasteiger charge is 2.10. The van der Waals surface area contributed by atoms with Crippen molar-refractivity contribution in [2.24, 2.45) is 5.73 Å². The molecule has 0 aliphatic carbocycles. The quantitative estimate of drug-likeness (QED) is 0.807. The maximum atomic E-state index is 12.6. The van der Waals surface area contributed by atoms with Gasteiger partial charge in [0.2, 0.25) is 0 Å². The Morgan fingerprint density at radius 1 is 1.70 bits per heavy atom. The van der Waals surface area contributed by atoms with Crippen LogP contribution in [0.2, 0.25) is 0 Å². The van der Waals surface area contributed by atoms with Crippen LogP contribution in [0.25, 0.3) is 0 Å². The summed E-state index contributed by atoms with van der Waals surface area (Å²) in [4.78, 5) is 0. The third-order valence-electron chi connectivity index (χ3n) is 1.11. The van der Waals surface area contributed by atoms with Crippen molar-refractivity contribution >= 4 is 15.9 Å². The third kappa shape index (κ3) is 1.58. The fourth-order valence-corrected chi connectivity index (χ4v) is 0.932. The van der Waals surface area contributed by atoms with Gasteiger partial charge in [0.25, 0.3) is 0 Å². The van der Waals surface area contributed by atoms with E-state index in [-0.39, 0.29) is 12.3 Å². The standard InChI is InChI=1S/C6H7BrFNO/c7-6-2-1-5(10-6)4(8)3-9/h1-2,4H,3,9H2. The highest BCUT2D eigenvalue weighted by atomic mass is 79.9. The summed E-state index contributed by atoms with van der Waals surface area (Å²) in [6, 6.07) is 3.19. The average Bonchev–Trinajstić information content (AvgIpc) is 2.34. The zero-order valence-corrected chi connectivity index (χ0v) is 6.77. The van der Waals surface area contributed by atoms with E-state index >= 15 is 0 Å². The van der Waals surface area contributed by atoms with Gasteiger partial charge in [-0.2, -0.15) is 0 Å². The molecule has 1 heterocycles. The van der Waals surface area contributed by atoms with Crippen LogP contribution < -0.4 is 5.73 Å². The minimum Gasteiger partial charge on any atom is -0.451 e. The van der Waals surface area contributed by atoms with E-state index in [0.717, 1.165) is 0 Å². The molecule has 0 spiro atoms. The number of alkyl halides is 1. The lowest BCUT2D eigenvalue weighted by Gasteiger charge is -1.97. The Bertz CT molecular complexity index is 213. The minimum atomic E-state index is -1.19. The zero-order valence-electron chi connectivity index (χ0n) is 5.18. The molecular weight excluding hydrogens is 201 g/mol. The molecule has 0 amide bonds. The Morgan fingerprint density at radius 3 is 2.80 bits per heavy atom. The molecule has 0 fully saturated rings. The number of furan rings is 1. The van der Waals surface area contributed by atoms with Crippen LogP contribution in [0.5, 0.6) is 0 Å². The lowest BCUT2D eigenvalue weighted by molar-refractivity contribution is 0.290. The molecule has 0 aliphatic rings. The van der Waals surface area contributed by atoms with Crippen molar-refractivity contribution in [1.82, 2.24) is 0 Å². The number of rotatable bonds is 2. The van der Waals surface area contributed by atoms with Gasteiger partial charge in [-0.1, -0.05) is 0 Å². The van der Waals surface area contributed by atoms with Crippen molar-refractivity contribution < 1.29 is 8.81 Å². The molecule has 10 heavy (non-hydrogen) atoms. The Labute approximate surface area is 66.3 Å². The van der Waals surface area contributed by atoms with Gasteiger partial charge in [0.05, 0.1) is 0 Å². The van der Waals surface area contributed by atoms with Crippen LogP contribution in [0, 0.1) is 0 Å². The lowest BCUT2D eigenvalue weighted by Crippen LogP contribution is -2.06. The van der Waals surface area contributed by atoms with Crippen LogP contribution >= 0.6 is 15.9 Å². The Kier molecular flexibility index (Phi) is 2.45. The van der Waals surface area contributed by atoms with Crippen LogP contribution in [-0.4, -0.2) is 6.54 Å². The van der Waals surface area contributed by atoms with Crippen molar-refractivity contribution in [2.45, 2.75) is 6.17 Å². The summed E-state index contributed by atoms with van der Waals surface area (Å²) >= 11 is 3.06. The molecular formula is C6H7BrFNO. The van der Waals surface area contributed by atoms with E-state index in [1.165, 1.54) is 0 Å². The smallest absolute Gasteiger partial charge is 0.170 e. The highest BCUT2D eigenvalue weighted by molar-refractivity contribution is 9.10.